The van der Waals surface area contributed by atoms with E-state index in [0.717, 1.165) is 13.1 Å². The van der Waals surface area contributed by atoms with Gasteiger partial charge in [0.25, 0.3) is 4.45 Å². The van der Waals surface area contributed by atoms with Crippen molar-refractivity contribution in [3.8, 4) is 0 Å². The SMILES string of the molecule is C[C@@H](CSC(=O)SN1CCOCC1)P(=S)(S)S. The van der Waals surface area contributed by atoms with E-state index in [9.17, 15) is 4.79 Å². The number of hydrogen-bond donors (Lipinski definition) is 2. The third-order valence-corrected chi connectivity index (χ3v) is 9.47. The summed E-state index contributed by atoms with van der Waals surface area (Å²) in [7, 11) is 0. The minimum absolute atomic E-state index is 0.115. The summed E-state index contributed by atoms with van der Waals surface area (Å²) in [5.74, 6) is 0.695. The molecule has 0 bridgehead atoms. The Labute approximate surface area is 127 Å². The lowest BCUT2D eigenvalue weighted by atomic mass is 10.5. The Balaban J connectivity index is 2.23. The van der Waals surface area contributed by atoms with Gasteiger partial charge in [0.05, 0.1) is 17.7 Å². The normalized spacial score (nSPS) is 20.2. The summed E-state index contributed by atoms with van der Waals surface area (Å²) < 4.78 is 5.53. The minimum atomic E-state index is -1.85. The van der Waals surface area contributed by atoms with Crippen LogP contribution in [0.25, 0.3) is 0 Å². The van der Waals surface area contributed by atoms with Crippen LogP contribution in [0.3, 0.4) is 0 Å². The van der Waals surface area contributed by atoms with Crippen molar-refractivity contribution in [2.24, 2.45) is 0 Å². The number of thioether (sulfide) groups is 1. The number of rotatable bonds is 4. The molecule has 0 amide bonds. The Morgan fingerprint density at radius 2 is 2.12 bits per heavy atom. The van der Waals surface area contributed by atoms with Gasteiger partial charge in [-0.15, -0.1) is 24.5 Å². The molecular formula is C8H16NO2PS5. The molecule has 1 rings (SSSR count). The average molecular weight is 350 g/mol. The second kappa shape index (κ2) is 8.04. The van der Waals surface area contributed by atoms with Crippen molar-refractivity contribution in [1.82, 2.24) is 4.31 Å². The van der Waals surface area contributed by atoms with Crippen molar-refractivity contribution in [2.75, 3.05) is 32.1 Å². The van der Waals surface area contributed by atoms with Crippen molar-refractivity contribution in [3.63, 3.8) is 0 Å². The van der Waals surface area contributed by atoms with E-state index in [2.05, 4.69) is 24.5 Å². The fourth-order valence-electron chi connectivity index (χ4n) is 1.06. The molecule has 1 heterocycles. The molecule has 9 heteroatoms. The standard InChI is InChI=1S/C8H16NO2PS5/c1-7(12(13,14)15)6-16-8(10)17-9-2-4-11-5-3-9/h7H,2-6H2,1H3,(H2,13,14,15)/t7-/m0/s1. The van der Waals surface area contributed by atoms with Gasteiger partial charge in [0, 0.05) is 36.4 Å². The summed E-state index contributed by atoms with van der Waals surface area (Å²) in [6, 6.07) is 0. The second-order valence-corrected chi connectivity index (χ2v) is 16.1. The van der Waals surface area contributed by atoms with Crippen molar-refractivity contribution >= 4 is 68.9 Å². The van der Waals surface area contributed by atoms with Gasteiger partial charge in [0.15, 0.2) is 0 Å². The first-order chi connectivity index (χ1) is 7.89. The van der Waals surface area contributed by atoms with E-state index in [1.54, 1.807) is 0 Å². The van der Waals surface area contributed by atoms with Crippen LogP contribution in [0.2, 0.25) is 0 Å². The molecule has 0 N–H and O–H groups in total. The summed E-state index contributed by atoms with van der Waals surface area (Å²) in [5, 5.41) is 0. The highest BCUT2D eigenvalue weighted by Crippen LogP contribution is 2.60. The Morgan fingerprint density at radius 1 is 1.53 bits per heavy atom. The van der Waals surface area contributed by atoms with Gasteiger partial charge in [-0.2, -0.15) is 0 Å². The highest BCUT2D eigenvalue weighted by molar-refractivity contribution is 8.92. The van der Waals surface area contributed by atoms with Crippen LogP contribution in [0.15, 0.2) is 0 Å². The average Bonchev–Trinajstić information content (AvgIpc) is 2.26. The van der Waals surface area contributed by atoms with Gasteiger partial charge in [0.1, 0.15) is 0 Å². The van der Waals surface area contributed by atoms with E-state index < -0.39 is 4.44 Å². The Morgan fingerprint density at radius 3 is 2.65 bits per heavy atom. The van der Waals surface area contributed by atoms with E-state index >= 15 is 0 Å². The van der Waals surface area contributed by atoms with Crippen LogP contribution < -0.4 is 0 Å². The summed E-state index contributed by atoms with van der Waals surface area (Å²) in [6.45, 7) is 5.03. The van der Waals surface area contributed by atoms with Crippen LogP contribution in [0, 0.1) is 0 Å². The third-order valence-electron chi connectivity index (χ3n) is 2.19. The molecule has 0 aromatic rings. The van der Waals surface area contributed by atoms with Gasteiger partial charge in [-0.1, -0.05) is 30.5 Å². The fourth-order valence-corrected chi connectivity index (χ4v) is 5.45. The van der Waals surface area contributed by atoms with Crippen molar-refractivity contribution in [3.05, 3.63) is 0 Å². The summed E-state index contributed by atoms with van der Waals surface area (Å²) in [5.41, 5.74) is 0.198. The molecule has 1 aliphatic rings. The predicted molar refractivity (Wildman–Crippen MR) is 89.6 cm³/mol. The lowest BCUT2D eigenvalue weighted by molar-refractivity contribution is 0.0776. The first-order valence-corrected chi connectivity index (χ1v) is 12.1. The zero-order chi connectivity index (χ0) is 12.9. The van der Waals surface area contributed by atoms with E-state index in [0.29, 0.717) is 19.0 Å². The number of ether oxygens (including phenoxy) is 1. The highest BCUT2D eigenvalue weighted by Gasteiger charge is 2.20. The molecule has 1 atom stereocenters. The number of thiol groups is 2. The zero-order valence-corrected chi connectivity index (χ0v) is 14.6. The predicted octanol–water partition coefficient (Wildman–Crippen LogP) is 3.38. The number of morpholine rings is 1. The van der Waals surface area contributed by atoms with Crippen molar-refractivity contribution in [1.29, 1.82) is 0 Å². The zero-order valence-electron chi connectivity index (χ0n) is 9.44. The largest absolute Gasteiger partial charge is 0.379 e. The number of hydrogen-bond acceptors (Lipinski definition) is 6. The van der Waals surface area contributed by atoms with Crippen LogP contribution >= 0.6 is 52.6 Å². The Kier molecular flexibility index (Phi) is 7.90. The van der Waals surface area contributed by atoms with Crippen molar-refractivity contribution in [2.45, 2.75) is 12.6 Å². The molecule has 100 valence electrons. The van der Waals surface area contributed by atoms with Gasteiger partial charge in [0.2, 0.25) is 0 Å². The van der Waals surface area contributed by atoms with E-state index in [-0.39, 0.29) is 10.1 Å². The van der Waals surface area contributed by atoms with Gasteiger partial charge in [-0.05, 0) is 0 Å². The minimum Gasteiger partial charge on any atom is -0.379 e. The smallest absolute Gasteiger partial charge is 0.261 e. The van der Waals surface area contributed by atoms with Gasteiger partial charge in [-0.25, -0.2) is 4.31 Å². The maximum Gasteiger partial charge on any atom is 0.261 e. The number of nitrogens with zero attached hydrogens (tertiary/aromatic N) is 1. The van der Waals surface area contributed by atoms with Crippen molar-refractivity contribution < 1.29 is 9.53 Å². The lowest BCUT2D eigenvalue weighted by Crippen LogP contribution is -2.31. The summed E-state index contributed by atoms with van der Waals surface area (Å²) >= 11 is 16.4. The van der Waals surface area contributed by atoms with Gasteiger partial charge >= 0.3 is 0 Å². The molecule has 0 aromatic carbocycles. The molecule has 0 aromatic heterocycles. The lowest BCUT2D eigenvalue weighted by Gasteiger charge is -2.24. The van der Waals surface area contributed by atoms with E-state index in [1.165, 1.54) is 23.7 Å². The first-order valence-electron chi connectivity index (χ1n) is 5.12. The highest BCUT2D eigenvalue weighted by atomic mass is 33.2. The number of carbonyl (C=O) groups excluding carboxylic acids is 1. The molecule has 0 spiro atoms. The summed E-state index contributed by atoms with van der Waals surface area (Å²) in [6.07, 6.45) is 0. The Bertz CT molecular complexity index is 304. The van der Waals surface area contributed by atoms with Crippen LogP contribution in [-0.4, -0.2) is 46.5 Å². The van der Waals surface area contributed by atoms with E-state index in [1.807, 2.05) is 11.2 Å². The monoisotopic (exact) mass is 349 g/mol. The maximum atomic E-state index is 11.7. The molecule has 1 aliphatic heterocycles. The molecule has 0 radical (unpaired) electrons. The van der Waals surface area contributed by atoms with Gasteiger partial charge in [-0.3, -0.25) is 4.79 Å². The molecule has 0 aliphatic carbocycles. The third kappa shape index (κ3) is 7.11. The molecule has 0 unspecified atom stereocenters. The van der Waals surface area contributed by atoms with Crippen LogP contribution in [-0.2, 0) is 16.5 Å². The fraction of sp³-hybridized carbons (Fsp3) is 0.875. The maximum absolute atomic E-state index is 11.7. The molecular weight excluding hydrogens is 333 g/mol. The Hall–Kier alpha value is 1.64. The second-order valence-electron chi connectivity index (χ2n) is 3.63. The number of carbonyl (C=O) groups is 1. The van der Waals surface area contributed by atoms with Gasteiger partial charge < -0.3 is 4.74 Å². The molecule has 1 saturated heterocycles. The van der Waals surface area contributed by atoms with Crippen LogP contribution in [0.1, 0.15) is 6.92 Å². The quantitative estimate of drug-likeness (QED) is 0.459. The van der Waals surface area contributed by atoms with Crippen LogP contribution in [0.5, 0.6) is 0 Å². The first kappa shape index (κ1) is 16.7. The molecule has 0 saturated carbocycles. The molecule has 3 nitrogen and oxygen atoms in total. The summed E-state index contributed by atoms with van der Waals surface area (Å²) in [4.78, 5) is 11.7. The van der Waals surface area contributed by atoms with E-state index in [4.69, 9.17) is 16.5 Å². The molecule has 1 fully saturated rings. The van der Waals surface area contributed by atoms with Crippen LogP contribution in [0.4, 0.5) is 4.79 Å². The molecule has 17 heavy (non-hydrogen) atoms. The topological polar surface area (TPSA) is 29.5 Å².